The van der Waals surface area contributed by atoms with Crippen LogP contribution in [0.3, 0.4) is 0 Å². The van der Waals surface area contributed by atoms with Gasteiger partial charge in [-0.15, -0.1) is 16.4 Å². The number of thiazole rings is 1. The van der Waals surface area contributed by atoms with Crippen molar-refractivity contribution in [2.24, 2.45) is 0 Å². The van der Waals surface area contributed by atoms with E-state index in [1.807, 2.05) is 19.2 Å². The molecule has 0 unspecified atom stereocenters. The molecule has 0 aromatic carbocycles. The minimum atomic E-state index is -0.153. The molecule has 5 nitrogen and oxygen atoms in total. The van der Waals surface area contributed by atoms with Gasteiger partial charge < -0.3 is 0 Å². The second kappa shape index (κ2) is 4.84. The van der Waals surface area contributed by atoms with Gasteiger partial charge in [0.05, 0.1) is 10.7 Å². The molecule has 86 valence electrons. The zero-order chi connectivity index (χ0) is 11.5. The number of thioether (sulfide) groups is 1. The first-order valence-electron chi connectivity index (χ1n) is 4.89. The quantitative estimate of drug-likeness (QED) is 0.845. The maximum Gasteiger partial charge on any atom is 0.343 e. The van der Waals surface area contributed by atoms with Crippen molar-refractivity contribution < 1.29 is 0 Å². The highest BCUT2D eigenvalue weighted by molar-refractivity contribution is 7.98. The van der Waals surface area contributed by atoms with Crippen LogP contribution in [0, 0.1) is 6.92 Å². The van der Waals surface area contributed by atoms with Crippen molar-refractivity contribution in [3.63, 3.8) is 0 Å². The molecule has 2 rings (SSSR count). The van der Waals surface area contributed by atoms with E-state index in [0.29, 0.717) is 6.54 Å². The summed E-state index contributed by atoms with van der Waals surface area (Å²) in [5.74, 6) is 0.745. The monoisotopic (exact) mass is 256 g/mol. The molecule has 0 amide bonds. The van der Waals surface area contributed by atoms with Crippen LogP contribution in [0.2, 0.25) is 0 Å². The Bertz CT molecular complexity index is 528. The molecule has 0 fully saturated rings. The number of aryl methyl sites for hydroxylation is 1. The van der Waals surface area contributed by atoms with Crippen LogP contribution in [0.25, 0.3) is 0 Å². The fraction of sp³-hybridized carbons (Fsp3) is 0.444. The second-order valence-corrected chi connectivity index (χ2v) is 5.21. The lowest BCUT2D eigenvalue weighted by Gasteiger charge is -1.99. The molecular weight excluding hydrogens is 244 g/mol. The molecule has 0 radical (unpaired) electrons. The first-order chi connectivity index (χ1) is 7.70. The van der Waals surface area contributed by atoms with Crippen LogP contribution in [0.1, 0.15) is 17.6 Å². The van der Waals surface area contributed by atoms with Crippen LogP contribution in [0.15, 0.2) is 15.3 Å². The Kier molecular flexibility index (Phi) is 3.45. The highest BCUT2D eigenvalue weighted by Gasteiger charge is 2.08. The van der Waals surface area contributed by atoms with Gasteiger partial charge in [0.15, 0.2) is 5.16 Å². The molecule has 0 saturated carbocycles. The molecule has 1 N–H and O–H groups in total. The van der Waals surface area contributed by atoms with Gasteiger partial charge >= 0.3 is 5.69 Å². The second-order valence-electron chi connectivity index (χ2n) is 3.20. The first kappa shape index (κ1) is 11.4. The van der Waals surface area contributed by atoms with Gasteiger partial charge in [-0.05, 0) is 13.8 Å². The topological polar surface area (TPSA) is 63.6 Å². The van der Waals surface area contributed by atoms with Crippen LogP contribution >= 0.6 is 23.1 Å². The van der Waals surface area contributed by atoms with E-state index < -0.39 is 0 Å². The normalized spacial score (nSPS) is 10.9. The molecule has 0 aliphatic carbocycles. The predicted octanol–water partition coefficient (Wildman–Crippen LogP) is 1.65. The average Bonchev–Trinajstić information content (AvgIpc) is 2.82. The van der Waals surface area contributed by atoms with Gasteiger partial charge in [0.25, 0.3) is 0 Å². The molecule has 0 saturated heterocycles. The number of hydrogen-bond acceptors (Lipinski definition) is 5. The standard InChI is InChI=1S/C9H12N4OS2/c1-3-13-8(14)11-12-9(13)16-5-7-4-15-6(2)10-7/h4H,3,5H2,1-2H3,(H,11,14). The predicted molar refractivity (Wildman–Crippen MR) is 64.9 cm³/mol. The Morgan fingerprint density at radius 1 is 1.62 bits per heavy atom. The van der Waals surface area contributed by atoms with Crippen LogP contribution in [-0.2, 0) is 12.3 Å². The summed E-state index contributed by atoms with van der Waals surface area (Å²) in [6.07, 6.45) is 0. The smallest absolute Gasteiger partial charge is 0.270 e. The van der Waals surface area contributed by atoms with Gasteiger partial charge in [-0.1, -0.05) is 11.8 Å². The fourth-order valence-corrected chi connectivity index (χ4v) is 2.93. The Morgan fingerprint density at radius 2 is 2.44 bits per heavy atom. The number of aromatic nitrogens is 4. The van der Waals surface area contributed by atoms with E-state index in [-0.39, 0.29) is 5.69 Å². The van der Waals surface area contributed by atoms with Gasteiger partial charge in [0.2, 0.25) is 0 Å². The highest BCUT2D eigenvalue weighted by atomic mass is 32.2. The van der Waals surface area contributed by atoms with Crippen LogP contribution < -0.4 is 5.69 Å². The van der Waals surface area contributed by atoms with Crippen LogP contribution in [0.4, 0.5) is 0 Å². The van der Waals surface area contributed by atoms with E-state index in [0.717, 1.165) is 21.6 Å². The van der Waals surface area contributed by atoms with Crippen molar-refractivity contribution >= 4 is 23.1 Å². The lowest BCUT2D eigenvalue weighted by atomic mass is 10.6. The van der Waals surface area contributed by atoms with Crippen molar-refractivity contribution in [1.29, 1.82) is 0 Å². The largest absolute Gasteiger partial charge is 0.343 e. The summed E-state index contributed by atoms with van der Waals surface area (Å²) in [5.41, 5.74) is 0.880. The van der Waals surface area contributed by atoms with Gasteiger partial charge in [-0.3, -0.25) is 4.57 Å². The molecule has 2 aromatic heterocycles. The zero-order valence-electron chi connectivity index (χ0n) is 9.06. The van der Waals surface area contributed by atoms with Crippen molar-refractivity contribution in [1.82, 2.24) is 19.7 Å². The number of H-pyrrole nitrogens is 1. The molecule has 0 atom stereocenters. The molecular formula is C9H12N4OS2. The molecule has 0 aliphatic rings. The first-order valence-corrected chi connectivity index (χ1v) is 6.76. The zero-order valence-corrected chi connectivity index (χ0v) is 10.7. The molecule has 0 bridgehead atoms. The summed E-state index contributed by atoms with van der Waals surface area (Å²) in [6.45, 7) is 4.54. The Hall–Kier alpha value is -1.08. The Labute approximate surface area is 101 Å². The maximum absolute atomic E-state index is 11.3. The third-order valence-corrected chi connectivity index (χ3v) is 3.89. The maximum atomic E-state index is 11.3. The van der Waals surface area contributed by atoms with Crippen molar-refractivity contribution in [2.75, 3.05) is 0 Å². The molecule has 0 aliphatic heterocycles. The Morgan fingerprint density at radius 3 is 3.06 bits per heavy atom. The van der Waals surface area contributed by atoms with Crippen molar-refractivity contribution in [2.45, 2.75) is 31.3 Å². The van der Waals surface area contributed by atoms with E-state index in [1.54, 1.807) is 15.9 Å². The van der Waals surface area contributed by atoms with E-state index in [2.05, 4.69) is 15.2 Å². The van der Waals surface area contributed by atoms with E-state index in [1.165, 1.54) is 11.8 Å². The minimum Gasteiger partial charge on any atom is -0.270 e. The van der Waals surface area contributed by atoms with E-state index >= 15 is 0 Å². The SMILES string of the molecule is CCn1c(SCc2csc(C)n2)n[nH]c1=O. The summed E-state index contributed by atoms with van der Waals surface area (Å²) >= 11 is 3.16. The summed E-state index contributed by atoms with van der Waals surface area (Å²) in [7, 11) is 0. The van der Waals surface area contributed by atoms with Crippen LogP contribution in [-0.4, -0.2) is 19.7 Å². The third kappa shape index (κ3) is 2.35. The number of aromatic amines is 1. The van der Waals surface area contributed by atoms with Gasteiger partial charge in [-0.2, -0.15) is 0 Å². The van der Waals surface area contributed by atoms with Gasteiger partial charge in [0.1, 0.15) is 0 Å². The number of hydrogen-bond donors (Lipinski definition) is 1. The fourth-order valence-electron chi connectivity index (χ4n) is 1.31. The average molecular weight is 256 g/mol. The van der Waals surface area contributed by atoms with Crippen molar-refractivity contribution in [3.05, 3.63) is 26.6 Å². The van der Waals surface area contributed by atoms with Gasteiger partial charge in [0, 0.05) is 17.7 Å². The summed E-state index contributed by atoms with van der Waals surface area (Å²) in [6, 6.07) is 0. The molecule has 0 spiro atoms. The highest BCUT2D eigenvalue weighted by Crippen LogP contribution is 2.20. The lowest BCUT2D eigenvalue weighted by Crippen LogP contribution is -2.16. The molecule has 2 heterocycles. The summed E-state index contributed by atoms with van der Waals surface area (Å²) in [5, 5.41) is 10.2. The third-order valence-electron chi connectivity index (χ3n) is 2.06. The minimum absolute atomic E-state index is 0.153. The van der Waals surface area contributed by atoms with Crippen LogP contribution in [0.5, 0.6) is 0 Å². The number of nitrogens with one attached hydrogen (secondary N) is 1. The lowest BCUT2D eigenvalue weighted by molar-refractivity contribution is 0.660. The number of nitrogens with zero attached hydrogens (tertiary/aromatic N) is 3. The summed E-state index contributed by atoms with van der Waals surface area (Å²) < 4.78 is 1.61. The molecule has 16 heavy (non-hydrogen) atoms. The van der Waals surface area contributed by atoms with Gasteiger partial charge in [-0.25, -0.2) is 14.9 Å². The van der Waals surface area contributed by atoms with E-state index in [9.17, 15) is 4.79 Å². The molecule has 2 aromatic rings. The van der Waals surface area contributed by atoms with Crippen molar-refractivity contribution in [3.8, 4) is 0 Å². The Balaban J connectivity index is 2.07. The number of rotatable bonds is 4. The molecule has 7 heteroatoms. The summed E-state index contributed by atoms with van der Waals surface area (Å²) in [4.78, 5) is 15.7. The van der Waals surface area contributed by atoms with E-state index in [4.69, 9.17) is 0 Å².